The first-order valence-corrected chi connectivity index (χ1v) is 13.2. The minimum atomic E-state index is -1.96. The third kappa shape index (κ3) is 6.46. The highest BCUT2D eigenvalue weighted by molar-refractivity contribution is 6.74. The number of carbonyl (C=O) groups is 1. The normalized spacial score (nSPS) is 24.6. The van der Waals surface area contributed by atoms with Crippen LogP contribution in [0.15, 0.2) is 0 Å². The fraction of sp³-hybridized carbons (Fsp3) is 0.952. The van der Waals surface area contributed by atoms with Gasteiger partial charge in [0.25, 0.3) is 0 Å². The number of nitrogens with zero attached hydrogens (tertiary/aromatic N) is 1. The maximum absolute atomic E-state index is 12.9. The molecule has 1 aliphatic heterocycles. The second-order valence-electron chi connectivity index (χ2n) is 11.1. The molecule has 1 amide bonds. The van der Waals surface area contributed by atoms with Gasteiger partial charge in [0.15, 0.2) is 8.32 Å². The Labute approximate surface area is 167 Å². The van der Waals surface area contributed by atoms with Crippen LogP contribution < -0.4 is 0 Å². The van der Waals surface area contributed by atoms with Gasteiger partial charge in [0.05, 0.1) is 18.2 Å². The molecule has 1 saturated heterocycles. The molecule has 6 heteroatoms. The zero-order valence-corrected chi connectivity index (χ0v) is 20.3. The lowest BCUT2D eigenvalue weighted by Gasteiger charge is -2.38. The maximum atomic E-state index is 12.9. The highest BCUT2D eigenvalue weighted by Gasteiger charge is 2.51. The molecule has 0 bridgehead atoms. The SMILES string of the molecule is CC(C)CC[C@]1(CO)C[C@@H](O[Si](C)(C)C(C)(C)C)CN1C(=O)OC(C)(C)C. The number of likely N-dealkylation sites (tertiary alicyclic amines) is 1. The Balaban J connectivity index is 3.10. The van der Waals surface area contributed by atoms with E-state index in [0.29, 0.717) is 18.9 Å². The average Bonchev–Trinajstić information content (AvgIpc) is 2.81. The van der Waals surface area contributed by atoms with E-state index in [4.69, 9.17) is 9.16 Å². The second-order valence-corrected chi connectivity index (χ2v) is 15.9. The van der Waals surface area contributed by atoms with E-state index < -0.39 is 19.5 Å². The van der Waals surface area contributed by atoms with E-state index in [1.54, 1.807) is 4.90 Å². The molecule has 1 heterocycles. The van der Waals surface area contributed by atoms with Gasteiger partial charge < -0.3 is 14.3 Å². The van der Waals surface area contributed by atoms with Crippen LogP contribution >= 0.6 is 0 Å². The van der Waals surface area contributed by atoms with Crippen LogP contribution in [0.1, 0.15) is 74.7 Å². The fourth-order valence-electron chi connectivity index (χ4n) is 3.28. The molecule has 5 nitrogen and oxygen atoms in total. The van der Waals surface area contributed by atoms with Gasteiger partial charge in [-0.15, -0.1) is 0 Å². The molecule has 2 atom stereocenters. The van der Waals surface area contributed by atoms with Crippen molar-refractivity contribution >= 4 is 14.4 Å². The molecule has 0 saturated carbocycles. The molecule has 0 aliphatic carbocycles. The molecule has 0 aromatic rings. The third-order valence-electron chi connectivity index (χ3n) is 5.93. The smallest absolute Gasteiger partial charge is 0.410 e. The Bertz CT molecular complexity index is 507. The quantitative estimate of drug-likeness (QED) is 0.623. The Hall–Kier alpha value is -0.593. The van der Waals surface area contributed by atoms with Crippen molar-refractivity contribution in [2.75, 3.05) is 13.2 Å². The minimum Gasteiger partial charge on any atom is -0.444 e. The van der Waals surface area contributed by atoms with Gasteiger partial charge in [0, 0.05) is 6.54 Å². The topological polar surface area (TPSA) is 59.0 Å². The summed E-state index contributed by atoms with van der Waals surface area (Å²) in [4.78, 5) is 14.7. The summed E-state index contributed by atoms with van der Waals surface area (Å²) in [6.45, 7) is 21.5. The van der Waals surface area contributed by atoms with Crippen molar-refractivity contribution in [2.24, 2.45) is 5.92 Å². The minimum absolute atomic E-state index is 0.0577. The van der Waals surface area contributed by atoms with Crippen LogP contribution in [0.4, 0.5) is 4.79 Å². The highest BCUT2D eigenvalue weighted by atomic mass is 28.4. The third-order valence-corrected chi connectivity index (χ3v) is 10.5. The molecule has 0 aromatic heterocycles. The number of aliphatic hydroxyl groups excluding tert-OH is 1. The molecule has 0 radical (unpaired) electrons. The lowest BCUT2D eigenvalue weighted by atomic mass is 9.88. The Morgan fingerprint density at radius 1 is 1.22 bits per heavy atom. The molecule has 0 unspecified atom stereocenters. The van der Waals surface area contributed by atoms with Crippen molar-refractivity contribution in [1.82, 2.24) is 4.90 Å². The van der Waals surface area contributed by atoms with Crippen molar-refractivity contribution in [1.29, 1.82) is 0 Å². The molecule has 1 N–H and O–H groups in total. The summed E-state index contributed by atoms with van der Waals surface area (Å²) < 4.78 is 12.3. The molecule has 160 valence electrons. The predicted molar refractivity (Wildman–Crippen MR) is 114 cm³/mol. The van der Waals surface area contributed by atoms with Gasteiger partial charge in [-0.1, -0.05) is 34.6 Å². The van der Waals surface area contributed by atoms with Crippen molar-refractivity contribution in [2.45, 2.75) is 110 Å². The molecule has 0 spiro atoms. The van der Waals surface area contributed by atoms with E-state index in [9.17, 15) is 9.90 Å². The van der Waals surface area contributed by atoms with Crippen molar-refractivity contribution in [3.05, 3.63) is 0 Å². The van der Waals surface area contributed by atoms with Crippen LogP contribution in [0.3, 0.4) is 0 Å². The first-order chi connectivity index (χ1) is 12.0. The summed E-state index contributed by atoms with van der Waals surface area (Å²) in [7, 11) is -1.96. The van der Waals surface area contributed by atoms with Crippen LogP contribution in [0.25, 0.3) is 0 Å². The first-order valence-electron chi connectivity index (χ1n) is 10.3. The van der Waals surface area contributed by atoms with E-state index >= 15 is 0 Å². The Morgan fingerprint density at radius 2 is 1.78 bits per heavy atom. The summed E-state index contributed by atoms with van der Waals surface area (Å²) >= 11 is 0. The van der Waals surface area contributed by atoms with E-state index in [1.165, 1.54) is 0 Å². The van der Waals surface area contributed by atoms with Gasteiger partial charge in [0.1, 0.15) is 5.60 Å². The van der Waals surface area contributed by atoms with Crippen LogP contribution in [0.2, 0.25) is 18.1 Å². The van der Waals surface area contributed by atoms with Crippen LogP contribution in [0.5, 0.6) is 0 Å². The summed E-state index contributed by atoms with van der Waals surface area (Å²) in [5.41, 5.74) is -1.16. The monoisotopic (exact) mass is 401 g/mol. The van der Waals surface area contributed by atoms with Gasteiger partial charge in [0.2, 0.25) is 0 Å². The van der Waals surface area contributed by atoms with Crippen molar-refractivity contribution in [3.63, 3.8) is 0 Å². The van der Waals surface area contributed by atoms with Gasteiger partial charge in [-0.3, -0.25) is 4.90 Å². The van der Waals surface area contributed by atoms with Gasteiger partial charge in [-0.25, -0.2) is 4.79 Å². The van der Waals surface area contributed by atoms with Gasteiger partial charge in [-0.05, 0) is 64.1 Å². The average molecular weight is 402 g/mol. The van der Waals surface area contributed by atoms with E-state index in [2.05, 4.69) is 47.7 Å². The van der Waals surface area contributed by atoms with Gasteiger partial charge >= 0.3 is 6.09 Å². The molecule has 1 rings (SSSR count). The first kappa shape index (κ1) is 24.4. The largest absolute Gasteiger partial charge is 0.444 e. The molecular weight excluding hydrogens is 358 g/mol. The molecule has 1 aliphatic rings. The molecular formula is C21H43NO4Si. The number of rotatable bonds is 6. The van der Waals surface area contributed by atoms with Crippen molar-refractivity contribution < 1.29 is 19.1 Å². The van der Waals surface area contributed by atoms with Crippen LogP contribution in [-0.2, 0) is 9.16 Å². The second kappa shape index (κ2) is 8.42. The maximum Gasteiger partial charge on any atom is 0.410 e. The Kier molecular flexibility index (Phi) is 7.62. The standard InChI is InChI=1S/C21H43NO4Si/c1-16(2)11-12-21(15-23)13-17(26-27(9,10)20(6,7)8)14-22(21)18(24)25-19(3,4)5/h16-17,23H,11-15H2,1-10H3/t17-,21-/m1/s1. The number of amides is 1. The predicted octanol–water partition coefficient (Wildman–Crippen LogP) is 5.18. The number of ether oxygens (including phenoxy) is 1. The van der Waals surface area contributed by atoms with Crippen molar-refractivity contribution in [3.8, 4) is 0 Å². The van der Waals surface area contributed by atoms with E-state index in [0.717, 1.165) is 12.8 Å². The number of aliphatic hydroxyl groups is 1. The van der Waals surface area contributed by atoms with Crippen LogP contribution in [0, 0.1) is 5.92 Å². The van der Waals surface area contributed by atoms with E-state index in [-0.39, 0.29) is 23.8 Å². The highest BCUT2D eigenvalue weighted by Crippen LogP contribution is 2.42. The fourth-order valence-corrected chi connectivity index (χ4v) is 4.62. The zero-order valence-electron chi connectivity index (χ0n) is 19.3. The number of carbonyl (C=O) groups excluding carboxylic acids is 1. The molecule has 1 fully saturated rings. The lowest BCUT2D eigenvalue weighted by molar-refractivity contribution is -0.00827. The number of hydrogen-bond acceptors (Lipinski definition) is 4. The zero-order chi connectivity index (χ0) is 21.3. The molecule has 27 heavy (non-hydrogen) atoms. The summed E-state index contributed by atoms with van der Waals surface area (Å²) in [5.74, 6) is 0.509. The summed E-state index contributed by atoms with van der Waals surface area (Å²) in [5, 5.41) is 10.4. The van der Waals surface area contributed by atoms with Gasteiger partial charge in [-0.2, -0.15) is 0 Å². The van der Waals surface area contributed by atoms with Crippen LogP contribution in [-0.4, -0.2) is 54.8 Å². The molecule has 0 aromatic carbocycles. The number of hydrogen-bond donors (Lipinski definition) is 1. The van der Waals surface area contributed by atoms with E-state index in [1.807, 2.05) is 20.8 Å². The Morgan fingerprint density at radius 3 is 2.19 bits per heavy atom. The summed E-state index contributed by atoms with van der Waals surface area (Å²) in [6, 6.07) is 0. The summed E-state index contributed by atoms with van der Waals surface area (Å²) in [6.07, 6.45) is 1.98. The lowest BCUT2D eigenvalue weighted by Crippen LogP contribution is -2.51.